The highest BCUT2D eigenvalue weighted by Gasteiger charge is 2.26. The maximum atomic E-state index is 13.2. The van der Waals surface area contributed by atoms with Crippen molar-refractivity contribution in [2.45, 2.75) is 50.0 Å². The van der Waals surface area contributed by atoms with E-state index in [1.54, 1.807) is 23.1 Å². The number of hydrogen-bond donors (Lipinski definition) is 0. The lowest BCUT2D eigenvalue weighted by Crippen LogP contribution is -2.37. The van der Waals surface area contributed by atoms with Crippen molar-refractivity contribution in [2.75, 3.05) is 23.8 Å². The molecule has 2 heterocycles. The fourth-order valence-electron chi connectivity index (χ4n) is 3.75. The Kier molecular flexibility index (Phi) is 7.88. The highest BCUT2D eigenvalue weighted by atomic mass is 35.5. The zero-order chi connectivity index (χ0) is 21.6. The molecule has 0 saturated carbocycles. The first kappa shape index (κ1) is 22.6. The first-order valence-corrected chi connectivity index (χ1v) is 13.0. The minimum absolute atomic E-state index is 0.102. The van der Waals surface area contributed by atoms with Crippen LogP contribution in [0.15, 0.2) is 47.4 Å². The third kappa shape index (κ3) is 5.80. The van der Waals surface area contributed by atoms with Gasteiger partial charge in [-0.25, -0.2) is 4.98 Å². The van der Waals surface area contributed by atoms with Crippen LogP contribution in [0.2, 0.25) is 5.02 Å². The number of carbonyl (C=O) groups is 1. The number of carbonyl (C=O) groups excluding carboxylic acids is 1. The third-order valence-electron chi connectivity index (χ3n) is 5.43. The second-order valence-corrected chi connectivity index (χ2v) is 10.3. The van der Waals surface area contributed by atoms with E-state index in [-0.39, 0.29) is 12.0 Å². The predicted molar refractivity (Wildman–Crippen MR) is 132 cm³/mol. The summed E-state index contributed by atoms with van der Waals surface area (Å²) in [6, 6.07) is 14.1. The first-order chi connectivity index (χ1) is 15.1. The summed E-state index contributed by atoms with van der Waals surface area (Å²) >= 11 is 9.31. The SMILES string of the molecule is CCc1cccc2sc(N(CC3CCCO3)C(=O)CCCSc3ccc(Cl)cc3)nc12. The molecule has 0 radical (unpaired) electrons. The van der Waals surface area contributed by atoms with Crippen molar-refractivity contribution in [3.05, 3.63) is 53.1 Å². The molecule has 0 N–H and O–H groups in total. The molecule has 1 fully saturated rings. The molecule has 1 saturated heterocycles. The maximum absolute atomic E-state index is 13.2. The molecule has 0 aliphatic carbocycles. The summed E-state index contributed by atoms with van der Waals surface area (Å²) in [5.74, 6) is 1.02. The van der Waals surface area contributed by atoms with Gasteiger partial charge in [0.1, 0.15) is 0 Å². The second kappa shape index (κ2) is 10.8. The Hall–Kier alpha value is -1.60. The molecule has 1 amide bonds. The van der Waals surface area contributed by atoms with Crippen molar-refractivity contribution in [3.8, 4) is 0 Å². The Labute approximate surface area is 196 Å². The highest BCUT2D eigenvalue weighted by Crippen LogP contribution is 2.32. The molecule has 1 aliphatic rings. The van der Waals surface area contributed by atoms with E-state index in [1.165, 1.54) is 10.5 Å². The van der Waals surface area contributed by atoms with Gasteiger partial charge in [0.25, 0.3) is 0 Å². The van der Waals surface area contributed by atoms with Crippen molar-refractivity contribution >= 4 is 56.0 Å². The zero-order valence-electron chi connectivity index (χ0n) is 17.7. The number of aryl methyl sites for hydroxylation is 1. The van der Waals surface area contributed by atoms with E-state index in [0.29, 0.717) is 13.0 Å². The minimum Gasteiger partial charge on any atom is -0.376 e. The molecule has 1 atom stereocenters. The molecule has 164 valence electrons. The van der Waals surface area contributed by atoms with Crippen LogP contribution in [-0.2, 0) is 16.0 Å². The van der Waals surface area contributed by atoms with Crippen LogP contribution in [0.1, 0.15) is 38.2 Å². The van der Waals surface area contributed by atoms with Gasteiger partial charge in [-0.15, -0.1) is 11.8 Å². The van der Waals surface area contributed by atoms with Crippen molar-refractivity contribution in [2.24, 2.45) is 0 Å². The van der Waals surface area contributed by atoms with Gasteiger partial charge in [0.05, 0.1) is 22.9 Å². The molecule has 0 bridgehead atoms. The molecule has 1 aromatic heterocycles. The number of aromatic nitrogens is 1. The van der Waals surface area contributed by atoms with E-state index in [1.807, 2.05) is 29.2 Å². The first-order valence-electron chi connectivity index (χ1n) is 10.8. The summed E-state index contributed by atoms with van der Waals surface area (Å²) in [6.07, 6.45) is 4.42. The maximum Gasteiger partial charge on any atom is 0.228 e. The Morgan fingerprint density at radius 1 is 1.29 bits per heavy atom. The number of anilines is 1. The number of rotatable bonds is 9. The number of amides is 1. The van der Waals surface area contributed by atoms with E-state index in [0.717, 1.165) is 58.4 Å². The van der Waals surface area contributed by atoms with Gasteiger partial charge in [0.2, 0.25) is 5.91 Å². The van der Waals surface area contributed by atoms with Crippen LogP contribution >= 0.6 is 34.7 Å². The fraction of sp³-hybridized carbons (Fsp3) is 0.417. The summed E-state index contributed by atoms with van der Waals surface area (Å²) < 4.78 is 6.97. The summed E-state index contributed by atoms with van der Waals surface area (Å²) in [4.78, 5) is 21.2. The van der Waals surface area contributed by atoms with Gasteiger partial charge in [0, 0.05) is 22.9 Å². The fourth-order valence-corrected chi connectivity index (χ4v) is 5.77. The van der Waals surface area contributed by atoms with Crippen LogP contribution in [-0.4, -0.2) is 35.9 Å². The van der Waals surface area contributed by atoms with Crippen molar-refractivity contribution in [1.29, 1.82) is 0 Å². The molecule has 2 aromatic carbocycles. The molecular formula is C24H27ClN2O2S2. The normalized spacial score (nSPS) is 16.1. The number of ether oxygens (including phenoxy) is 1. The number of thioether (sulfide) groups is 1. The van der Waals surface area contributed by atoms with Crippen LogP contribution in [0, 0.1) is 0 Å². The second-order valence-electron chi connectivity index (χ2n) is 7.66. The third-order valence-corrected chi connectivity index (χ3v) is 7.83. The topological polar surface area (TPSA) is 42.4 Å². The van der Waals surface area contributed by atoms with Crippen molar-refractivity contribution in [1.82, 2.24) is 4.98 Å². The van der Waals surface area contributed by atoms with Gasteiger partial charge in [0.15, 0.2) is 5.13 Å². The molecule has 1 aliphatic heterocycles. The number of para-hydroxylation sites is 1. The van der Waals surface area contributed by atoms with Crippen LogP contribution in [0.5, 0.6) is 0 Å². The van der Waals surface area contributed by atoms with Gasteiger partial charge >= 0.3 is 0 Å². The van der Waals surface area contributed by atoms with E-state index >= 15 is 0 Å². The Balaban J connectivity index is 1.44. The molecule has 4 nitrogen and oxygen atoms in total. The molecular weight excluding hydrogens is 448 g/mol. The van der Waals surface area contributed by atoms with E-state index in [2.05, 4.69) is 25.1 Å². The smallest absolute Gasteiger partial charge is 0.228 e. The lowest BCUT2D eigenvalue weighted by atomic mass is 10.1. The largest absolute Gasteiger partial charge is 0.376 e. The summed E-state index contributed by atoms with van der Waals surface area (Å²) in [6.45, 7) is 3.51. The number of thiazole rings is 1. The standard InChI is InChI=1S/C24H27ClN2O2S2/c1-2-17-6-3-8-21-23(17)26-24(31-21)27(16-19-7-4-14-29-19)22(28)9-5-15-30-20-12-10-18(25)11-13-20/h3,6,8,10-13,19H,2,4-5,7,9,14-16H2,1H3. The quantitative estimate of drug-likeness (QED) is 0.259. The van der Waals surface area contributed by atoms with E-state index < -0.39 is 0 Å². The van der Waals surface area contributed by atoms with Gasteiger partial charge < -0.3 is 4.74 Å². The van der Waals surface area contributed by atoms with Gasteiger partial charge in [-0.2, -0.15) is 0 Å². The Bertz CT molecular complexity index is 1020. The average Bonchev–Trinajstić information content (AvgIpc) is 3.45. The lowest BCUT2D eigenvalue weighted by Gasteiger charge is -2.23. The molecule has 31 heavy (non-hydrogen) atoms. The Morgan fingerprint density at radius 2 is 2.13 bits per heavy atom. The number of fused-ring (bicyclic) bond motifs is 1. The molecule has 7 heteroatoms. The van der Waals surface area contributed by atoms with Gasteiger partial charge in [-0.3, -0.25) is 9.69 Å². The Morgan fingerprint density at radius 3 is 2.87 bits per heavy atom. The molecule has 3 aromatic rings. The highest BCUT2D eigenvalue weighted by molar-refractivity contribution is 7.99. The van der Waals surface area contributed by atoms with Gasteiger partial charge in [-0.05, 0) is 67.3 Å². The zero-order valence-corrected chi connectivity index (χ0v) is 20.1. The van der Waals surface area contributed by atoms with Crippen molar-refractivity contribution in [3.63, 3.8) is 0 Å². The monoisotopic (exact) mass is 474 g/mol. The van der Waals surface area contributed by atoms with E-state index in [4.69, 9.17) is 21.3 Å². The summed E-state index contributed by atoms with van der Waals surface area (Å²) in [5.41, 5.74) is 2.25. The van der Waals surface area contributed by atoms with Crippen molar-refractivity contribution < 1.29 is 9.53 Å². The number of benzene rings is 2. The average molecular weight is 475 g/mol. The van der Waals surface area contributed by atoms with Crippen LogP contribution in [0.25, 0.3) is 10.2 Å². The van der Waals surface area contributed by atoms with E-state index in [9.17, 15) is 4.79 Å². The number of hydrogen-bond acceptors (Lipinski definition) is 5. The lowest BCUT2D eigenvalue weighted by molar-refractivity contribution is -0.119. The summed E-state index contributed by atoms with van der Waals surface area (Å²) in [5, 5.41) is 1.54. The molecule has 1 unspecified atom stereocenters. The number of halogens is 1. The minimum atomic E-state index is 0.102. The number of nitrogens with zero attached hydrogens (tertiary/aromatic N) is 2. The van der Waals surface area contributed by atoms with Gasteiger partial charge in [-0.1, -0.05) is 42.0 Å². The molecule has 0 spiro atoms. The predicted octanol–water partition coefficient (Wildman–Crippen LogP) is 6.60. The van der Waals surface area contributed by atoms with Crippen LogP contribution < -0.4 is 4.90 Å². The summed E-state index contributed by atoms with van der Waals surface area (Å²) in [7, 11) is 0. The van der Waals surface area contributed by atoms with Crippen LogP contribution in [0.3, 0.4) is 0 Å². The molecule has 4 rings (SSSR count). The van der Waals surface area contributed by atoms with Crippen LogP contribution in [0.4, 0.5) is 5.13 Å².